The molecule has 2 rings (SSSR count). The van der Waals surface area contributed by atoms with Gasteiger partial charge in [0.1, 0.15) is 0 Å². The lowest BCUT2D eigenvalue weighted by Crippen LogP contribution is -3.00. The van der Waals surface area contributed by atoms with Crippen LogP contribution in [0.5, 0.6) is 0 Å². The van der Waals surface area contributed by atoms with Crippen LogP contribution in [0.3, 0.4) is 0 Å². The van der Waals surface area contributed by atoms with Crippen LogP contribution < -0.4 is 43.1 Å². The van der Waals surface area contributed by atoms with Gasteiger partial charge in [0.25, 0.3) is 0 Å². The molecule has 2 aromatic rings. The fourth-order valence-corrected chi connectivity index (χ4v) is 1.85. The highest BCUT2D eigenvalue weighted by Gasteiger charge is 1.99. The summed E-state index contributed by atoms with van der Waals surface area (Å²) in [6, 6.07) is 7.58. The lowest BCUT2D eigenvalue weighted by atomic mass is 10.3. The van der Waals surface area contributed by atoms with Gasteiger partial charge >= 0.3 is 0 Å². The molecule has 0 saturated heterocycles. The molecule has 0 aliphatic heterocycles. The van der Waals surface area contributed by atoms with E-state index >= 15 is 0 Å². The minimum Gasteiger partial charge on any atom is -1.00 e. The third-order valence-electron chi connectivity index (χ3n) is 3.07. The Bertz CT molecular complexity index is 614. The molecule has 124 valence electrons. The Balaban J connectivity index is 0.00000242. The van der Waals surface area contributed by atoms with E-state index < -0.39 is 0 Å². The van der Waals surface area contributed by atoms with Crippen LogP contribution in [0.15, 0.2) is 66.4 Å². The van der Waals surface area contributed by atoms with Crippen molar-refractivity contribution in [3.05, 3.63) is 72.3 Å². The standard InChI is InChI=1S/C16H18N3O2.2BrH/c20-14-16-5-11-19(12-6-16)8-2-1-7-18-9-3-15(4-10-18)13-17-21;;/h1-6,9-13,20H,7-8,14H2;2*1H/q+1;;/p-1/b2-1+;;. The van der Waals surface area contributed by atoms with E-state index in [9.17, 15) is 0 Å². The van der Waals surface area contributed by atoms with Crippen molar-refractivity contribution in [3.8, 4) is 0 Å². The molecule has 2 aromatic heterocycles. The normalized spacial score (nSPS) is 10.5. The molecule has 0 fully saturated rings. The van der Waals surface area contributed by atoms with E-state index in [2.05, 4.69) is 17.3 Å². The summed E-state index contributed by atoms with van der Waals surface area (Å²) in [4.78, 5) is 0. The van der Waals surface area contributed by atoms with Crippen LogP contribution >= 0.6 is 0 Å². The average molecular weight is 445 g/mol. The van der Waals surface area contributed by atoms with E-state index in [0.717, 1.165) is 24.2 Å². The van der Waals surface area contributed by atoms with Crippen LogP contribution in [0.25, 0.3) is 0 Å². The average Bonchev–Trinajstić information content (AvgIpc) is 2.54. The van der Waals surface area contributed by atoms with Gasteiger partial charge in [-0.25, -0.2) is 9.13 Å². The predicted molar refractivity (Wildman–Crippen MR) is 77.7 cm³/mol. The zero-order chi connectivity index (χ0) is 14.9. The van der Waals surface area contributed by atoms with Gasteiger partial charge in [-0.1, -0.05) is 5.16 Å². The van der Waals surface area contributed by atoms with Crippen molar-refractivity contribution in [1.82, 2.24) is 0 Å². The van der Waals surface area contributed by atoms with Gasteiger partial charge in [0.05, 0.1) is 12.8 Å². The van der Waals surface area contributed by atoms with E-state index in [-0.39, 0.29) is 40.6 Å². The van der Waals surface area contributed by atoms with Crippen LogP contribution in [-0.4, -0.2) is 16.5 Å². The second-order valence-corrected chi connectivity index (χ2v) is 4.61. The number of hydrogen-bond acceptors (Lipinski definition) is 3. The van der Waals surface area contributed by atoms with Crippen molar-refractivity contribution in [2.75, 3.05) is 0 Å². The molecule has 0 aliphatic rings. The summed E-state index contributed by atoms with van der Waals surface area (Å²) >= 11 is 0. The first kappa shape index (κ1) is 21.4. The maximum atomic E-state index is 8.97. The highest BCUT2D eigenvalue weighted by Crippen LogP contribution is 1.93. The largest absolute Gasteiger partial charge is 1.00 e. The summed E-state index contributed by atoms with van der Waals surface area (Å²) in [6.45, 7) is 1.65. The van der Waals surface area contributed by atoms with Crippen LogP contribution in [-0.2, 0) is 19.7 Å². The lowest BCUT2D eigenvalue weighted by Gasteiger charge is -1.95. The van der Waals surface area contributed by atoms with Crippen LogP contribution in [0.4, 0.5) is 0 Å². The quantitative estimate of drug-likeness (QED) is 0.154. The van der Waals surface area contributed by atoms with Crippen molar-refractivity contribution in [3.63, 3.8) is 0 Å². The minimum absolute atomic E-state index is 0. The van der Waals surface area contributed by atoms with Crippen molar-refractivity contribution in [2.24, 2.45) is 5.16 Å². The monoisotopic (exact) mass is 443 g/mol. The number of nitrogens with zero attached hydrogens (tertiary/aromatic N) is 3. The highest BCUT2D eigenvalue weighted by molar-refractivity contribution is 5.78. The molecule has 2 heterocycles. The number of hydrogen-bond donors (Lipinski definition) is 2. The number of allylic oxidation sites excluding steroid dienone is 2. The number of rotatable bonds is 6. The van der Waals surface area contributed by atoms with Gasteiger partial charge in [-0.05, 0) is 17.7 Å². The molecule has 0 radical (unpaired) electrons. The molecular formula is C16H19Br2N3O2. The van der Waals surface area contributed by atoms with E-state index in [1.54, 1.807) is 0 Å². The number of halogens is 2. The van der Waals surface area contributed by atoms with Gasteiger partial charge < -0.3 is 44.3 Å². The smallest absolute Gasteiger partial charge is 0.169 e. The van der Waals surface area contributed by atoms with Crippen molar-refractivity contribution in [1.29, 1.82) is 0 Å². The maximum absolute atomic E-state index is 8.97. The molecule has 5 nitrogen and oxygen atoms in total. The SMILES string of the molecule is OCc1cc[n+](C/C=C/C[n+]2ccc(/C=N\O)cc2)cc1.[Br-].[Br-]. The van der Waals surface area contributed by atoms with E-state index in [1.165, 1.54) is 6.21 Å². The number of pyridine rings is 2. The molecule has 2 N–H and O–H groups in total. The molecule has 0 aliphatic carbocycles. The van der Waals surface area contributed by atoms with Gasteiger partial charge in [-0.15, -0.1) is 0 Å². The van der Waals surface area contributed by atoms with Gasteiger partial charge in [0, 0.05) is 29.8 Å². The summed E-state index contributed by atoms with van der Waals surface area (Å²) in [7, 11) is 0. The molecule has 7 heteroatoms. The molecule has 0 amide bonds. The Labute approximate surface area is 156 Å². The Morgan fingerprint density at radius 3 is 1.78 bits per heavy atom. The first-order valence-electron chi connectivity index (χ1n) is 6.72. The number of aromatic nitrogens is 2. The molecule has 0 atom stereocenters. The third kappa shape index (κ3) is 7.49. The topological polar surface area (TPSA) is 60.6 Å². The maximum Gasteiger partial charge on any atom is 0.169 e. The van der Waals surface area contributed by atoms with Gasteiger partial charge in [-0.3, -0.25) is 0 Å². The van der Waals surface area contributed by atoms with E-state index in [1.807, 2.05) is 58.2 Å². The second kappa shape index (κ2) is 11.9. The van der Waals surface area contributed by atoms with Crippen LogP contribution in [0, 0.1) is 0 Å². The number of aliphatic hydroxyl groups is 1. The number of aliphatic hydroxyl groups excluding tert-OH is 1. The van der Waals surface area contributed by atoms with E-state index in [0.29, 0.717) is 0 Å². The van der Waals surface area contributed by atoms with Crippen LogP contribution in [0.2, 0.25) is 0 Å². The zero-order valence-corrected chi connectivity index (χ0v) is 15.6. The first-order valence-corrected chi connectivity index (χ1v) is 6.72. The van der Waals surface area contributed by atoms with Crippen molar-refractivity contribution >= 4 is 6.21 Å². The predicted octanol–water partition coefficient (Wildman–Crippen LogP) is -5.17. The van der Waals surface area contributed by atoms with Gasteiger partial charge in [0.15, 0.2) is 37.9 Å². The minimum atomic E-state index is 0. The summed E-state index contributed by atoms with van der Waals surface area (Å²) in [5.41, 5.74) is 1.77. The summed E-state index contributed by atoms with van der Waals surface area (Å²) in [6.07, 6.45) is 13.3. The molecule has 0 saturated carbocycles. The Kier molecular flexibility index (Phi) is 11.1. The Morgan fingerprint density at radius 2 is 1.35 bits per heavy atom. The molecule has 0 aromatic carbocycles. The summed E-state index contributed by atoms with van der Waals surface area (Å²) < 4.78 is 4.08. The van der Waals surface area contributed by atoms with E-state index in [4.69, 9.17) is 10.3 Å². The van der Waals surface area contributed by atoms with Crippen LogP contribution in [0.1, 0.15) is 11.1 Å². The summed E-state index contributed by atoms with van der Waals surface area (Å²) in [5.74, 6) is 0. The number of oxime groups is 1. The Hall–Kier alpha value is -1.57. The van der Waals surface area contributed by atoms with Gasteiger partial charge in [-0.2, -0.15) is 0 Å². The van der Waals surface area contributed by atoms with Crippen molar-refractivity contribution in [2.45, 2.75) is 19.7 Å². The zero-order valence-electron chi connectivity index (χ0n) is 12.5. The second-order valence-electron chi connectivity index (χ2n) is 4.61. The first-order chi connectivity index (χ1) is 10.3. The Morgan fingerprint density at radius 1 is 0.870 bits per heavy atom. The van der Waals surface area contributed by atoms with Gasteiger partial charge in [0.2, 0.25) is 0 Å². The highest BCUT2D eigenvalue weighted by atomic mass is 79.9. The fourth-order valence-electron chi connectivity index (χ4n) is 1.85. The summed E-state index contributed by atoms with van der Waals surface area (Å²) in [5, 5.41) is 20.4. The third-order valence-corrected chi connectivity index (χ3v) is 3.07. The molecule has 0 spiro atoms. The molecule has 23 heavy (non-hydrogen) atoms. The molecular weight excluding hydrogens is 426 g/mol. The van der Waals surface area contributed by atoms with Crippen molar-refractivity contribution < 1.29 is 53.4 Å². The molecule has 0 bridgehead atoms. The molecule has 0 unspecified atom stereocenters. The fraction of sp³-hybridized carbons (Fsp3) is 0.188. The lowest BCUT2D eigenvalue weighted by molar-refractivity contribution is -0.691.